The van der Waals surface area contributed by atoms with Crippen molar-refractivity contribution in [3.63, 3.8) is 0 Å². The summed E-state index contributed by atoms with van der Waals surface area (Å²) in [6, 6.07) is 51.6. The topological polar surface area (TPSA) is 133 Å². The van der Waals surface area contributed by atoms with Crippen LogP contribution in [0.15, 0.2) is 182 Å². The van der Waals surface area contributed by atoms with Crippen LogP contribution in [0.5, 0.6) is 57.5 Å². The highest BCUT2D eigenvalue weighted by Gasteiger charge is 2.16. The zero-order chi connectivity index (χ0) is 48.4. The van der Waals surface area contributed by atoms with Crippen LogP contribution < -0.4 is 33.2 Å². The molecule has 11 heteroatoms. The van der Waals surface area contributed by atoms with Crippen molar-refractivity contribution in [2.75, 3.05) is 7.11 Å². The lowest BCUT2D eigenvalue weighted by Gasteiger charge is -2.16. The standard InChI is InChI=1S/C58H46O11/c1-36-34-44(14-32-54(36)63-5)38(3)45-15-33-55(37(2)35-45)69-58(62)43-12-22-49(23-13-43)65-48-20-10-42(11-21-48)57(61)68-53-30-26-51(27-31-53)66-50-24-28-52(29-25-50)67-56(60)41-8-18-47(19-9-41)64-46-16-6-40(7-17-46)39(4)59/h6-35,38H,1-5H3. The number of methoxy groups -OCH3 is 1. The minimum Gasteiger partial charge on any atom is -0.496 e. The van der Waals surface area contributed by atoms with Crippen molar-refractivity contribution in [1.82, 2.24) is 0 Å². The molecule has 0 saturated heterocycles. The number of Topliss-reactive ketones (excluding diaryl/α,β-unsaturated/α-hetero) is 1. The summed E-state index contributed by atoms with van der Waals surface area (Å²) in [5, 5.41) is 0. The molecule has 8 rings (SSSR count). The average molecular weight is 919 g/mol. The quantitative estimate of drug-likeness (QED) is 0.0521. The number of carbonyl (C=O) groups excluding carboxylic acids is 4. The smallest absolute Gasteiger partial charge is 0.343 e. The maximum Gasteiger partial charge on any atom is 0.343 e. The Hall–Kier alpha value is -8.96. The molecule has 8 aromatic carbocycles. The first-order chi connectivity index (χ1) is 33.4. The molecule has 0 aromatic heterocycles. The number of benzene rings is 8. The molecule has 0 radical (unpaired) electrons. The van der Waals surface area contributed by atoms with E-state index in [2.05, 4.69) is 19.1 Å². The predicted octanol–water partition coefficient (Wildman–Crippen LogP) is 13.7. The minimum absolute atomic E-state index is 0.0292. The van der Waals surface area contributed by atoms with Gasteiger partial charge in [0, 0.05) is 11.5 Å². The molecule has 0 amide bonds. The van der Waals surface area contributed by atoms with Crippen LogP contribution in [-0.2, 0) is 0 Å². The van der Waals surface area contributed by atoms with Gasteiger partial charge in [0.25, 0.3) is 0 Å². The second-order valence-electron chi connectivity index (χ2n) is 16.0. The molecule has 0 N–H and O–H groups in total. The van der Waals surface area contributed by atoms with E-state index in [1.807, 2.05) is 38.1 Å². The lowest BCUT2D eigenvalue weighted by molar-refractivity contribution is 0.0724. The number of carbonyl (C=O) groups is 4. The van der Waals surface area contributed by atoms with Crippen LogP contribution in [0.4, 0.5) is 0 Å². The van der Waals surface area contributed by atoms with Gasteiger partial charge in [-0.25, -0.2) is 14.4 Å². The first-order valence-corrected chi connectivity index (χ1v) is 21.9. The highest BCUT2D eigenvalue weighted by molar-refractivity contribution is 5.94. The number of aryl methyl sites for hydroxylation is 2. The molecule has 11 nitrogen and oxygen atoms in total. The molecule has 1 unspecified atom stereocenters. The summed E-state index contributed by atoms with van der Waals surface area (Å²) in [5.41, 5.74) is 5.80. The molecule has 0 fully saturated rings. The molecule has 1 atom stereocenters. The predicted molar refractivity (Wildman–Crippen MR) is 260 cm³/mol. The summed E-state index contributed by atoms with van der Waals surface area (Å²) < 4.78 is 40.0. The Morgan fingerprint density at radius 3 is 0.971 bits per heavy atom. The molecular formula is C58H46O11. The highest BCUT2D eigenvalue weighted by atomic mass is 16.5. The fraction of sp³-hybridized carbons (Fsp3) is 0.103. The van der Waals surface area contributed by atoms with E-state index >= 15 is 0 Å². The maximum absolute atomic E-state index is 13.1. The lowest BCUT2D eigenvalue weighted by atomic mass is 9.91. The van der Waals surface area contributed by atoms with Gasteiger partial charge in [-0.2, -0.15) is 0 Å². The molecule has 0 aliphatic carbocycles. The summed E-state index contributed by atoms with van der Waals surface area (Å²) in [5.74, 6) is 3.56. The Labute approximate surface area is 399 Å². The van der Waals surface area contributed by atoms with Crippen molar-refractivity contribution in [3.05, 3.63) is 226 Å². The van der Waals surface area contributed by atoms with E-state index < -0.39 is 17.9 Å². The van der Waals surface area contributed by atoms with Crippen LogP contribution in [0.25, 0.3) is 0 Å². The van der Waals surface area contributed by atoms with E-state index in [0.717, 1.165) is 22.4 Å². The second-order valence-corrected chi connectivity index (χ2v) is 16.0. The van der Waals surface area contributed by atoms with Crippen LogP contribution in [-0.4, -0.2) is 30.8 Å². The van der Waals surface area contributed by atoms with E-state index in [4.69, 9.17) is 33.2 Å². The van der Waals surface area contributed by atoms with Gasteiger partial charge in [-0.3, -0.25) is 4.79 Å². The normalized spacial score (nSPS) is 11.1. The third-order valence-corrected chi connectivity index (χ3v) is 11.1. The Morgan fingerprint density at radius 1 is 0.362 bits per heavy atom. The van der Waals surface area contributed by atoms with E-state index in [9.17, 15) is 19.2 Å². The van der Waals surface area contributed by atoms with Gasteiger partial charge in [0.1, 0.15) is 57.5 Å². The lowest BCUT2D eigenvalue weighted by Crippen LogP contribution is -2.09. The van der Waals surface area contributed by atoms with E-state index in [0.29, 0.717) is 74.0 Å². The van der Waals surface area contributed by atoms with Crippen molar-refractivity contribution in [1.29, 1.82) is 0 Å². The van der Waals surface area contributed by atoms with Gasteiger partial charge in [0.05, 0.1) is 23.8 Å². The Morgan fingerprint density at radius 2 is 0.652 bits per heavy atom. The van der Waals surface area contributed by atoms with Crippen LogP contribution in [0.3, 0.4) is 0 Å². The molecule has 0 bridgehead atoms. The van der Waals surface area contributed by atoms with E-state index in [1.54, 1.807) is 153 Å². The van der Waals surface area contributed by atoms with Crippen molar-refractivity contribution in [2.45, 2.75) is 33.6 Å². The molecule has 0 spiro atoms. The summed E-state index contributed by atoms with van der Waals surface area (Å²) in [6.45, 7) is 7.59. The van der Waals surface area contributed by atoms with Gasteiger partial charge in [-0.05, 0) is 201 Å². The zero-order valence-electron chi connectivity index (χ0n) is 38.4. The number of esters is 3. The SMILES string of the molecule is COc1ccc(C(C)c2ccc(OC(=O)c3ccc(Oc4ccc(C(=O)Oc5ccc(Oc6ccc(OC(=O)c7ccc(Oc8ccc(C(C)=O)cc8)cc7)cc6)cc5)cc4)cc3)c(C)c2)cc1C. The van der Waals surface area contributed by atoms with Gasteiger partial charge in [-0.15, -0.1) is 0 Å². The third kappa shape index (κ3) is 11.9. The van der Waals surface area contributed by atoms with Crippen molar-refractivity contribution in [2.24, 2.45) is 0 Å². The van der Waals surface area contributed by atoms with Crippen LogP contribution in [0.1, 0.15) is 83.5 Å². The molecule has 344 valence electrons. The number of hydrogen-bond acceptors (Lipinski definition) is 11. The molecular weight excluding hydrogens is 873 g/mol. The van der Waals surface area contributed by atoms with Crippen molar-refractivity contribution >= 4 is 23.7 Å². The van der Waals surface area contributed by atoms with Crippen molar-refractivity contribution < 1.29 is 52.3 Å². The van der Waals surface area contributed by atoms with Crippen LogP contribution in [0.2, 0.25) is 0 Å². The Bertz CT molecular complexity index is 3110. The summed E-state index contributed by atoms with van der Waals surface area (Å²) in [7, 11) is 1.66. The van der Waals surface area contributed by atoms with Gasteiger partial charge in [-0.1, -0.05) is 31.2 Å². The minimum atomic E-state index is -0.559. The maximum atomic E-state index is 13.1. The third-order valence-electron chi connectivity index (χ3n) is 11.1. The highest BCUT2D eigenvalue weighted by Crippen LogP contribution is 2.33. The number of hydrogen-bond donors (Lipinski definition) is 0. The summed E-state index contributed by atoms with van der Waals surface area (Å²) in [4.78, 5) is 50.3. The molecule has 0 aliphatic heterocycles. The monoisotopic (exact) mass is 918 g/mol. The largest absolute Gasteiger partial charge is 0.496 e. The Kier molecular flexibility index (Phi) is 14.3. The number of ether oxygens (including phenoxy) is 7. The van der Waals surface area contributed by atoms with Gasteiger partial charge < -0.3 is 33.2 Å². The fourth-order valence-corrected chi connectivity index (χ4v) is 7.21. The second kappa shape index (κ2) is 21.1. The number of ketones is 1. The fourth-order valence-electron chi connectivity index (χ4n) is 7.21. The Balaban J connectivity index is 0.773. The first-order valence-electron chi connectivity index (χ1n) is 21.9. The van der Waals surface area contributed by atoms with Crippen LogP contribution in [0, 0.1) is 13.8 Å². The van der Waals surface area contributed by atoms with Crippen molar-refractivity contribution in [3.8, 4) is 57.5 Å². The molecule has 8 aromatic rings. The average Bonchev–Trinajstić information content (AvgIpc) is 3.36. The summed E-state index contributed by atoms with van der Waals surface area (Å²) >= 11 is 0. The molecule has 0 aliphatic rings. The first kappa shape index (κ1) is 46.6. The van der Waals surface area contributed by atoms with E-state index in [1.165, 1.54) is 12.5 Å². The zero-order valence-corrected chi connectivity index (χ0v) is 38.4. The van der Waals surface area contributed by atoms with Gasteiger partial charge in [0.15, 0.2) is 5.78 Å². The summed E-state index contributed by atoms with van der Waals surface area (Å²) in [6.07, 6.45) is 0. The molecule has 0 heterocycles. The van der Waals surface area contributed by atoms with Gasteiger partial charge >= 0.3 is 17.9 Å². The van der Waals surface area contributed by atoms with Gasteiger partial charge in [0.2, 0.25) is 0 Å². The van der Waals surface area contributed by atoms with E-state index in [-0.39, 0.29) is 11.7 Å². The van der Waals surface area contributed by atoms with Crippen LogP contribution >= 0.6 is 0 Å². The molecule has 69 heavy (non-hydrogen) atoms. The number of rotatable bonds is 16. The molecule has 0 saturated carbocycles.